The van der Waals surface area contributed by atoms with Crippen LogP contribution >= 0.6 is 11.6 Å². The van der Waals surface area contributed by atoms with Crippen LogP contribution in [0.15, 0.2) is 0 Å². The van der Waals surface area contributed by atoms with Gasteiger partial charge in [-0.1, -0.05) is 27.7 Å². The maximum absolute atomic E-state index is 6.05. The van der Waals surface area contributed by atoms with Gasteiger partial charge < -0.3 is 5.73 Å². The van der Waals surface area contributed by atoms with Crippen molar-refractivity contribution in [2.45, 2.75) is 33.2 Å². The zero-order valence-corrected chi connectivity index (χ0v) is 8.07. The summed E-state index contributed by atoms with van der Waals surface area (Å²) < 4.78 is 0. The molecule has 0 aromatic carbocycles. The van der Waals surface area contributed by atoms with Crippen molar-refractivity contribution >= 4 is 11.6 Å². The van der Waals surface area contributed by atoms with Crippen LogP contribution in [0.4, 0.5) is 0 Å². The summed E-state index contributed by atoms with van der Waals surface area (Å²) >= 11 is 5.77. The molecule has 0 aliphatic carbocycles. The molecule has 0 aromatic heterocycles. The Morgan fingerprint density at radius 2 is 1.50 bits per heavy atom. The Hall–Kier alpha value is 0.250. The molecule has 0 saturated carbocycles. The lowest BCUT2D eigenvalue weighted by molar-refractivity contribution is 0.254. The first kappa shape index (κ1) is 10.2. The monoisotopic (exact) mass is 163 g/mol. The molecule has 0 atom stereocenters. The Kier molecular flexibility index (Phi) is 3.68. The highest BCUT2D eigenvalue weighted by molar-refractivity contribution is 6.18. The largest absolute Gasteiger partial charge is 0.324 e. The summed E-state index contributed by atoms with van der Waals surface area (Å²) in [6.45, 7) is 8.45. The van der Waals surface area contributed by atoms with Crippen molar-refractivity contribution in [2.75, 3.05) is 5.88 Å². The van der Waals surface area contributed by atoms with E-state index in [1.807, 2.05) is 0 Å². The number of hydrogen-bond acceptors (Lipinski definition) is 1. The molecule has 0 saturated heterocycles. The van der Waals surface area contributed by atoms with Crippen LogP contribution < -0.4 is 5.73 Å². The zero-order valence-electron chi connectivity index (χ0n) is 7.32. The molecule has 0 fully saturated rings. The van der Waals surface area contributed by atoms with E-state index in [1.54, 1.807) is 0 Å². The fraction of sp³-hybridized carbons (Fsp3) is 1.00. The van der Waals surface area contributed by atoms with Gasteiger partial charge in [0.05, 0.1) is 0 Å². The fourth-order valence-electron chi connectivity index (χ4n) is 0.975. The highest BCUT2D eigenvalue weighted by Crippen LogP contribution is 2.24. The first-order chi connectivity index (χ1) is 4.45. The maximum Gasteiger partial charge on any atom is 0.0409 e. The molecule has 1 nitrogen and oxygen atoms in total. The number of halogens is 1. The molecule has 2 N–H and O–H groups in total. The van der Waals surface area contributed by atoms with Gasteiger partial charge in [-0.05, 0) is 11.8 Å². The first-order valence-electron chi connectivity index (χ1n) is 3.80. The summed E-state index contributed by atoms with van der Waals surface area (Å²) in [6, 6.07) is 0. The van der Waals surface area contributed by atoms with E-state index in [0.717, 1.165) is 0 Å². The molecule has 0 aromatic rings. The van der Waals surface area contributed by atoms with Gasteiger partial charge in [0, 0.05) is 11.4 Å². The van der Waals surface area contributed by atoms with E-state index < -0.39 is 0 Å². The first-order valence-corrected chi connectivity index (χ1v) is 4.33. The molecule has 10 heavy (non-hydrogen) atoms. The summed E-state index contributed by atoms with van der Waals surface area (Å²) in [5, 5.41) is 0. The second-order valence-electron chi connectivity index (χ2n) is 3.56. The molecule has 0 rings (SSSR count). The maximum atomic E-state index is 6.05. The molecule has 0 bridgehead atoms. The van der Waals surface area contributed by atoms with E-state index in [4.69, 9.17) is 17.3 Å². The second kappa shape index (κ2) is 3.59. The molecule has 2 heteroatoms. The number of nitrogens with two attached hydrogens (primary N) is 1. The molecule has 0 heterocycles. The molecule has 62 valence electrons. The molecule has 0 unspecified atom stereocenters. The van der Waals surface area contributed by atoms with Crippen LogP contribution in [0.3, 0.4) is 0 Å². The van der Waals surface area contributed by atoms with Gasteiger partial charge >= 0.3 is 0 Å². The third-order valence-electron chi connectivity index (χ3n) is 2.38. The standard InChI is InChI=1S/C8H18ClN/c1-6(2)8(10,5-9)7(3)4/h6-7H,5,10H2,1-4H3. The van der Waals surface area contributed by atoms with Gasteiger partial charge in [-0.25, -0.2) is 0 Å². The summed E-state index contributed by atoms with van der Waals surface area (Å²) in [5.41, 5.74) is 5.86. The van der Waals surface area contributed by atoms with Crippen LogP contribution in [0.1, 0.15) is 27.7 Å². The van der Waals surface area contributed by atoms with Crippen molar-refractivity contribution in [1.82, 2.24) is 0 Å². The molecular weight excluding hydrogens is 146 g/mol. The van der Waals surface area contributed by atoms with Gasteiger partial charge in [-0.2, -0.15) is 0 Å². The van der Waals surface area contributed by atoms with Crippen LogP contribution in [0.5, 0.6) is 0 Å². The Morgan fingerprint density at radius 3 is 1.50 bits per heavy atom. The Labute approximate surface area is 68.9 Å². The minimum atomic E-state index is -0.193. The van der Waals surface area contributed by atoms with Crippen molar-refractivity contribution in [3.05, 3.63) is 0 Å². The van der Waals surface area contributed by atoms with Gasteiger partial charge in [0.25, 0.3) is 0 Å². The summed E-state index contributed by atoms with van der Waals surface area (Å²) in [7, 11) is 0. The average Bonchev–Trinajstić information content (AvgIpc) is 1.85. The van der Waals surface area contributed by atoms with Crippen LogP contribution in [0, 0.1) is 11.8 Å². The van der Waals surface area contributed by atoms with Crippen LogP contribution in [-0.4, -0.2) is 11.4 Å². The lowest BCUT2D eigenvalue weighted by Gasteiger charge is -2.35. The van der Waals surface area contributed by atoms with Crippen molar-refractivity contribution in [1.29, 1.82) is 0 Å². The lowest BCUT2D eigenvalue weighted by Crippen LogP contribution is -2.51. The third-order valence-corrected chi connectivity index (χ3v) is 2.84. The summed E-state index contributed by atoms with van der Waals surface area (Å²) in [4.78, 5) is 0. The van der Waals surface area contributed by atoms with Crippen LogP contribution in [-0.2, 0) is 0 Å². The third kappa shape index (κ3) is 1.86. The minimum Gasteiger partial charge on any atom is -0.324 e. The SMILES string of the molecule is CC(C)C(N)(CCl)C(C)C. The molecule has 0 radical (unpaired) electrons. The Bertz CT molecular complexity index is 91.4. The van der Waals surface area contributed by atoms with Crippen molar-refractivity contribution in [3.63, 3.8) is 0 Å². The van der Waals surface area contributed by atoms with Crippen molar-refractivity contribution < 1.29 is 0 Å². The van der Waals surface area contributed by atoms with E-state index in [0.29, 0.717) is 17.7 Å². The highest BCUT2D eigenvalue weighted by atomic mass is 35.5. The van der Waals surface area contributed by atoms with Crippen LogP contribution in [0.2, 0.25) is 0 Å². The predicted octanol–water partition coefficient (Wildman–Crippen LogP) is 2.23. The smallest absolute Gasteiger partial charge is 0.0409 e. The Balaban J connectivity index is 4.23. The Morgan fingerprint density at radius 1 is 1.20 bits per heavy atom. The zero-order chi connectivity index (χ0) is 8.36. The molecule has 0 amide bonds. The molecule has 0 aliphatic heterocycles. The summed E-state index contributed by atoms with van der Waals surface area (Å²) in [6.07, 6.45) is 0. The van der Waals surface area contributed by atoms with Crippen molar-refractivity contribution in [3.8, 4) is 0 Å². The van der Waals surface area contributed by atoms with E-state index in [1.165, 1.54) is 0 Å². The average molecular weight is 164 g/mol. The van der Waals surface area contributed by atoms with E-state index >= 15 is 0 Å². The number of rotatable bonds is 3. The van der Waals surface area contributed by atoms with Gasteiger partial charge in [-0.15, -0.1) is 11.6 Å². The number of hydrogen-bond donors (Lipinski definition) is 1. The van der Waals surface area contributed by atoms with E-state index in [2.05, 4.69) is 27.7 Å². The quantitative estimate of drug-likeness (QED) is 0.635. The van der Waals surface area contributed by atoms with Gasteiger partial charge in [-0.3, -0.25) is 0 Å². The molecule has 0 aliphatic rings. The minimum absolute atomic E-state index is 0.193. The topological polar surface area (TPSA) is 26.0 Å². The van der Waals surface area contributed by atoms with Gasteiger partial charge in [0.1, 0.15) is 0 Å². The lowest BCUT2D eigenvalue weighted by atomic mass is 9.80. The molecular formula is C8H18ClN. The highest BCUT2D eigenvalue weighted by Gasteiger charge is 2.31. The van der Waals surface area contributed by atoms with Gasteiger partial charge in [0.2, 0.25) is 0 Å². The normalized spacial score (nSPS) is 13.2. The molecule has 0 spiro atoms. The van der Waals surface area contributed by atoms with Crippen LogP contribution in [0.25, 0.3) is 0 Å². The van der Waals surface area contributed by atoms with Gasteiger partial charge in [0.15, 0.2) is 0 Å². The summed E-state index contributed by atoms with van der Waals surface area (Å²) in [5.74, 6) is 1.44. The van der Waals surface area contributed by atoms with E-state index in [-0.39, 0.29) is 5.54 Å². The predicted molar refractivity (Wildman–Crippen MR) is 47.3 cm³/mol. The number of alkyl halides is 1. The van der Waals surface area contributed by atoms with Crippen molar-refractivity contribution in [2.24, 2.45) is 17.6 Å². The second-order valence-corrected chi connectivity index (χ2v) is 3.82. The fourth-order valence-corrected chi connectivity index (χ4v) is 1.59. The van der Waals surface area contributed by atoms with E-state index in [9.17, 15) is 0 Å².